The minimum atomic E-state index is -0.292. The number of nitrogens with one attached hydrogen (secondary N) is 1. The quantitative estimate of drug-likeness (QED) is 0.259. The molecular formula is C22H15Br3N2O4. The first-order valence-corrected chi connectivity index (χ1v) is 11.5. The molecule has 158 valence electrons. The molecule has 0 aliphatic heterocycles. The number of carbonyl (C=O) groups is 1. The number of aromatic nitrogens is 1. The third-order valence-electron chi connectivity index (χ3n) is 4.41. The molecule has 9 heteroatoms. The number of ether oxygens (including phenoxy) is 1. The Morgan fingerprint density at radius 1 is 1.10 bits per heavy atom. The number of hydrogen-bond donors (Lipinski definition) is 2. The van der Waals surface area contributed by atoms with Crippen LogP contribution in [0.15, 0.2) is 66.4 Å². The minimum Gasteiger partial charge on any atom is -0.507 e. The second kappa shape index (κ2) is 9.02. The van der Waals surface area contributed by atoms with Crippen molar-refractivity contribution < 1.29 is 19.1 Å². The number of aryl methyl sites for hydroxylation is 1. The molecule has 0 bridgehead atoms. The van der Waals surface area contributed by atoms with Gasteiger partial charge in [0.1, 0.15) is 17.0 Å². The van der Waals surface area contributed by atoms with E-state index in [1.54, 1.807) is 36.4 Å². The number of carbonyl (C=O) groups excluding carboxylic acids is 1. The molecule has 0 aliphatic rings. The fourth-order valence-electron chi connectivity index (χ4n) is 2.98. The molecule has 1 amide bonds. The first-order chi connectivity index (χ1) is 14.8. The van der Waals surface area contributed by atoms with Crippen LogP contribution in [-0.2, 0) is 4.79 Å². The highest BCUT2D eigenvalue weighted by Crippen LogP contribution is 2.33. The van der Waals surface area contributed by atoms with Gasteiger partial charge in [-0.05, 0) is 92.9 Å². The normalized spacial score (nSPS) is 11.0. The van der Waals surface area contributed by atoms with Crippen LogP contribution in [-0.4, -0.2) is 22.6 Å². The molecular weight excluding hydrogens is 596 g/mol. The highest BCUT2D eigenvalue weighted by atomic mass is 79.9. The van der Waals surface area contributed by atoms with Gasteiger partial charge in [0.05, 0.1) is 8.95 Å². The molecule has 0 fully saturated rings. The summed E-state index contributed by atoms with van der Waals surface area (Å²) in [6.45, 7) is 1.77. The minimum absolute atomic E-state index is 0.134. The Labute approximate surface area is 203 Å². The van der Waals surface area contributed by atoms with Crippen molar-refractivity contribution in [3.05, 3.63) is 67.5 Å². The van der Waals surface area contributed by atoms with Gasteiger partial charge in [0, 0.05) is 15.7 Å². The van der Waals surface area contributed by atoms with Crippen LogP contribution >= 0.6 is 47.8 Å². The monoisotopic (exact) mass is 608 g/mol. The molecule has 2 N–H and O–H groups in total. The Morgan fingerprint density at radius 2 is 1.90 bits per heavy atom. The highest BCUT2D eigenvalue weighted by Gasteiger charge is 2.13. The van der Waals surface area contributed by atoms with E-state index in [4.69, 9.17) is 9.15 Å². The smallest absolute Gasteiger partial charge is 0.262 e. The van der Waals surface area contributed by atoms with Gasteiger partial charge in [-0.2, -0.15) is 0 Å². The Hall–Kier alpha value is -2.36. The maximum atomic E-state index is 12.4. The Morgan fingerprint density at radius 3 is 2.65 bits per heavy atom. The number of benzene rings is 3. The topological polar surface area (TPSA) is 84.6 Å². The summed E-state index contributed by atoms with van der Waals surface area (Å²) < 4.78 is 13.7. The van der Waals surface area contributed by atoms with Crippen molar-refractivity contribution in [3.63, 3.8) is 0 Å². The summed E-state index contributed by atoms with van der Waals surface area (Å²) in [5, 5.41) is 12.5. The Bertz CT molecular complexity index is 1280. The van der Waals surface area contributed by atoms with Crippen LogP contribution in [0.25, 0.3) is 22.6 Å². The zero-order valence-corrected chi connectivity index (χ0v) is 20.8. The third kappa shape index (κ3) is 4.94. The fourth-order valence-corrected chi connectivity index (χ4v) is 4.91. The number of anilines is 1. The third-order valence-corrected chi connectivity index (χ3v) is 6.09. The van der Waals surface area contributed by atoms with Gasteiger partial charge in [-0.25, -0.2) is 4.98 Å². The number of aromatic hydroxyl groups is 1. The molecule has 0 saturated carbocycles. The van der Waals surface area contributed by atoms with Crippen LogP contribution in [0.5, 0.6) is 11.5 Å². The molecule has 6 nitrogen and oxygen atoms in total. The lowest BCUT2D eigenvalue weighted by atomic mass is 10.2. The predicted molar refractivity (Wildman–Crippen MR) is 130 cm³/mol. The zero-order valence-electron chi connectivity index (χ0n) is 16.1. The first kappa shape index (κ1) is 21.9. The molecule has 4 rings (SSSR count). The number of oxazole rings is 1. The van der Waals surface area contributed by atoms with Crippen LogP contribution < -0.4 is 10.1 Å². The van der Waals surface area contributed by atoms with Crippen molar-refractivity contribution >= 4 is 70.5 Å². The SMILES string of the molecule is Cc1cc(Br)cc(Br)c1OCC(=O)Nc1ccc2oc(-c3ccc(O)c(Br)c3)nc2c1. The number of amides is 1. The molecule has 0 spiro atoms. The molecule has 4 aromatic rings. The highest BCUT2D eigenvalue weighted by molar-refractivity contribution is 9.11. The lowest BCUT2D eigenvalue weighted by Crippen LogP contribution is -2.20. The molecule has 1 aromatic heterocycles. The standard InChI is InChI=1S/C22H15Br3N2O4/c1-11-6-13(23)8-16(25)21(11)30-10-20(29)26-14-3-5-19-17(9-14)27-22(31-19)12-2-4-18(28)15(24)7-12/h2-9,28H,10H2,1H3,(H,26,29). The molecule has 0 radical (unpaired) electrons. The summed E-state index contributed by atoms with van der Waals surface area (Å²) in [6, 6.07) is 14.0. The predicted octanol–water partition coefficient (Wildman–Crippen LogP) is 6.81. The summed E-state index contributed by atoms with van der Waals surface area (Å²) in [5.74, 6) is 0.880. The Kier molecular flexibility index (Phi) is 6.36. The van der Waals surface area contributed by atoms with Gasteiger partial charge in [0.25, 0.3) is 5.91 Å². The van der Waals surface area contributed by atoms with Gasteiger partial charge in [0.15, 0.2) is 12.2 Å². The van der Waals surface area contributed by atoms with Crippen molar-refractivity contribution in [1.29, 1.82) is 0 Å². The molecule has 3 aromatic carbocycles. The number of halogens is 3. The van der Waals surface area contributed by atoms with Crippen molar-refractivity contribution in [2.24, 2.45) is 0 Å². The van der Waals surface area contributed by atoms with Crippen molar-refractivity contribution in [1.82, 2.24) is 4.98 Å². The summed E-state index contributed by atoms with van der Waals surface area (Å²) in [5.41, 5.74) is 3.40. The average molecular weight is 611 g/mol. The zero-order chi connectivity index (χ0) is 22.1. The maximum Gasteiger partial charge on any atom is 0.262 e. The van der Waals surface area contributed by atoms with E-state index >= 15 is 0 Å². The van der Waals surface area contributed by atoms with Crippen LogP contribution in [0, 0.1) is 6.92 Å². The van der Waals surface area contributed by atoms with E-state index in [1.807, 2.05) is 19.1 Å². The lowest BCUT2D eigenvalue weighted by Gasteiger charge is -2.12. The summed E-state index contributed by atoms with van der Waals surface area (Å²) in [7, 11) is 0. The molecule has 0 aliphatic carbocycles. The van der Waals surface area contributed by atoms with Gasteiger partial charge in [-0.3, -0.25) is 4.79 Å². The van der Waals surface area contributed by atoms with Gasteiger partial charge < -0.3 is 19.6 Å². The summed E-state index contributed by atoms with van der Waals surface area (Å²) in [6.07, 6.45) is 0. The summed E-state index contributed by atoms with van der Waals surface area (Å²) >= 11 is 10.2. The van der Waals surface area contributed by atoms with E-state index in [1.165, 1.54) is 0 Å². The summed E-state index contributed by atoms with van der Waals surface area (Å²) in [4.78, 5) is 16.9. The van der Waals surface area contributed by atoms with Crippen LogP contribution in [0.2, 0.25) is 0 Å². The second-order valence-corrected chi connectivity index (χ2v) is 9.36. The Balaban J connectivity index is 1.47. The molecule has 0 atom stereocenters. The molecule has 0 saturated heterocycles. The van der Waals surface area contributed by atoms with E-state index < -0.39 is 0 Å². The van der Waals surface area contributed by atoms with Crippen LogP contribution in [0.4, 0.5) is 5.69 Å². The number of nitrogens with zero attached hydrogens (tertiary/aromatic N) is 1. The number of rotatable bonds is 5. The van der Waals surface area contributed by atoms with Gasteiger partial charge in [-0.15, -0.1) is 0 Å². The van der Waals surface area contributed by atoms with E-state index in [9.17, 15) is 9.90 Å². The number of hydrogen-bond acceptors (Lipinski definition) is 5. The largest absolute Gasteiger partial charge is 0.507 e. The molecule has 1 heterocycles. The molecule has 0 unspecified atom stereocenters. The van der Waals surface area contributed by atoms with Gasteiger partial charge in [0.2, 0.25) is 5.89 Å². The van der Waals surface area contributed by atoms with Crippen molar-refractivity contribution in [2.75, 3.05) is 11.9 Å². The second-order valence-electron chi connectivity index (χ2n) is 6.74. The average Bonchev–Trinajstić information content (AvgIpc) is 3.12. The number of phenolic OH excluding ortho intramolecular Hbond substituents is 1. The van der Waals surface area contributed by atoms with Crippen molar-refractivity contribution in [3.8, 4) is 23.0 Å². The van der Waals surface area contributed by atoms with Crippen molar-refractivity contribution in [2.45, 2.75) is 6.92 Å². The van der Waals surface area contributed by atoms with Gasteiger partial charge >= 0.3 is 0 Å². The number of phenols is 1. The van der Waals surface area contributed by atoms with E-state index in [-0.39, 0.29) is 18.3 Å². The van der Waals surface area contributed by atoms with Gasteiger partial charge in [-0.1, -0.05) is 15.9 Å². The first-order valence-electron chi connectivity index (χ1n) is 9.08. The molecule has 31 heavy (non-hydrogen) atoms. The van der Waals surface area contributed by atoms with E-state index in [0.717, 1.165) is 20.1 Å². The van der Waals surface area contributed by atoms with E-state index in [2.05, 4.69) is 58.1 Å². The van der Waals surface area contributed by atoms with Crippen LogP contribution in [0.3, 0.4) is 0 Å². The lowest BCUT2D eigenvalue weighted by molar-refractivity contribution is -0.118. The van der Waals surface area contributed by atoms with Crippen LogP contribution in [0.1, 0.15) is 5.56 Å². The maximum absolute atomic E-state index is 12.4. The fraction of sp³-hybridized carbons (Fsp3) is 0.0909. The number of fused-ring (bicyclic) bond motifs is 1. The van der Waals surface area contributed by atoms with E-state index in [0.29, 0.717) is 32.9 Å².